The minimum Gasteiger partial charge on any atom is -0.497 e. The maximum atomic E-state index is 13.0. The molecule has 2 N–H and O–H groups in total. The Morgan fingerprint density at radius 1 is 0.808 bits per heavy atom. The molecule has 280 valence electrons. The number of aromatic amines is 1. The van der Waals surface area contributed by atoms with Gasteiger partial charge in [-0.1, -0.05) is 54.6 Å². The molecular formula is C35H34F6N2O9. The van der Waals surface area contributed by atoms with Crippen LogP contribution in [0.5, 0.6) is 11.5 Å². The molecule has 0 radical (unpaired) electrons. The maximum absolute atomic E-state index is 13.0. The largest absolute Gasteiger partial charge is 0.497 e. The second-order valence-electron chi connectivity index (χ2n) is 11.6. The number of hydrogen-bond donors (Lipinski definition) is 2. The Balaban J connectivity index is 1.48. The van der Waals surface area contributed by atoms with Crippen molar-refractivity contribution in [2.45, 2.75) is 42.5 Å². The van der Waals surface area contributed by atoms with Gasteiger partial charge in [0, 0.05) is 12.3 Å². The first kappa shape index (κ1) is 38.5. The van der Waals surface area contributed by atoms with E-state index in [0.29, 0.717) is 28.2 Å². The average Bonchev–Trinajstić information content (AvgIpc) is 3.42. The molecule has 0 amide bonds. The summed E-state index contributed by atoms with van der Waals surface area (Å²) in [6.07, 6.45) is -16.4. The number of alkyl halides is 6. The summed E-state index contributed by atoms with van der Waals surface area (Å²) in [5, 5.41) is 11.5. The second kappa shape index (κ2) is 15.9. The number of halogens is 6. The van der Waals surface area contributed by atoms with Crippen molar-refractivity contribution in [1.82, 2.24) is 9.55 Å². The SMILES string of the molecule is COc1ccc(C(OC[C@@H]2O[C@H](n3ccc(=O)[nH]c3=O)C(OCOCC(C(F)(F)F)C(F)(F)F)C2O)(c2ccccc2)c2ccc(OC)cc2)cc1. The van der Waals surface area contributed by atoms with E-state index in [2.05, 4.69) is 4.74 Å². The van der Waals surface area contributed by atoms with Crippen LogP contribution in [0.3, 0.4) is 0 Å². The zero-order valence-corrected chi connectivity index (χ0v) is 27.6. The molecule has 2 unspecified atom stereocenters. The van der Waals surface area contributed by atoms with Gasteiger partial charge in [0.2, 0.25) is 0 Å². The normalized spacial score (nSPS) is 19.6. The Bertz CT molecular complexity index is 1800. The van der Waals surface area contributed by atoms with Gasteiger partial charge in [-0.15, -0.1) is 0 Å². The highest BCUT2D eigenvalue weighted by atomic mass is 19.4. The molecule has 1 saturated heterocycles. The lowest BCUT2D eigenvalue weighted by Gasteiger charge is -2.37. The van der Waals surface area contributed by atoms with E-state index in [9.17, 15) is 41.0 Å². The van der Waals surface area contributed by atoms with Crippen molar-refractivity contribution in [3.8, 4) is 11.5 Å². The third-order valence-electron chi connectivity index (χ3n) is 8.49. The number of H-pyrrole nitrogens is 1. The molecule has 1 aliphatic heterocycles. The van der Waals surface area contributed by atoms with Crippen molar-refractivity contribution in [3.05, 3.63) is 129 Å². The van der Waals surface area contributed by atoms with Crippen molar-refractivity contribution in [1.29, 1.82) is 0 Å². The van der Waals surface area contributed by atoms with E-state index >= 15 is 0 Å². The van der Waals surface area contributed by atoms with Gasteiger partial charge in [-0.25, -0.2) is 4.79 Å². The fourth-order valence-electron chi connectivity index (χ4n) is 5.84. The van der Waals surface area contributed by atoms with E-state index in [1.165, 1.54) is 14.2 Å². The summed E-state index contributed by atoms with van der Waals surface area (Å²) in [4.78, 5) is 26.6. The molecule has 0 bridgehead atoms. The maximum Gasteiger partial charge on any atom is 0.402 e. The van der Waals surface area contributed by atoms with Crippen molar-refractivity contribution < 1.29 is 59.9 Å². The first-order chi connectivity index (χ1) is 24.7. The Labute approximate surface area is 292 Å². The Morgan fingerprint density at radius 3 is 1.85 bits per heavy atom. The molecule has 52 heavy (non-hydrogen) atoms. The van der Waals surface area contributed by atoms with Gasteiger partial charge >= 0.3 is 18.0 Å². The summed E-state index contributed by atoms with van der Waals surface area (Å²) in [5.41, 5.74) is -1.26. The molecule has 3 aromatic carbocycles. The lowest BCUT2D eigenvalue weighted by atomic mass is 9.80. The highest BCUT2D eigenvalue weighted by molar-refractivity contribution is 5.49. The van der Waals surface area contributed by atoms with Crippen LogP contribution in [0.1, 0.15) is 22.9 Å². The van der Waals surface area contributed by atoms with E-state index in [4.69, 9.17) is 23.7 Å². The number of rotatable bonds is 14. The smallest absolute Gasteiger partial charge is 0.402 e. The van der Waals surface area contributed by atoms with Crippen LogP contribution in [0.4, 0.5) is 26.3 Å². The highest BCUT2D eigenvalue weighted by Gasteiger charge is 2.57. The molecule has 1 aliphatic rings. The molecule has 4 aromatic rings. The summed E-state index contributed by atoms with van der Waals surface area (Å²) < 4.78 is 113. The topological polar surface area (TPSA) is 130 Å². The number of nitrogens with one attached hydrogen (secondary N) is 1. The monoisotopic (exact) mass is 740 g/mol. The molecule has 1 aromatic heterocycles. The summed E-state index contributed by atoms with van der Waals surface area (Å²) in [7, 11) is 3.02. The van der Waals surface area contributed by atoms with Gasteiger partial charge in [-0.2, -0.15) is 26.3 Å². The second-order valence-corrected chi connectivity index (χ2v) is 11.6. The number of aromatic nitrogens is 2. The molecule has 4 atom stereocenters. The molecule has 17 heteroatoms. The van der Waals surface area contributed by atoms with Gasteiger partial charge in [0.15, 0.2) is 12.1 Å². The molecule has 2 heterocycles. The first-order valence-electron chi connectivity index (χ1n) is 15.7. The van der Waals surface area contributed by atoms with Gasteiger partial charge in [0.1, 0.15) is 42.2 Å². The van der Waals surface area contributed by atoms with E-state index in [-0.39, 0.29) is 0 Å². The van der Waals surface area contributed by atoms with Crippen molar-refractivity contribution >= 4 is 0 Å². The van der Waals surface area contributed by atoms with E-state index < -0.39 is 79.7 Å². The Hall–Kier alpha value is -4.68. The van der Waals surface area contributed by atoms with Gasteiger partial charge in [0.25, 0.3) is 5.56 Å². The van der Waals surface area contributed by atoms with Crippen LogP contribution >= 0.6 is 0 Å². The Kier molecular flexibility index (Phi) is 11.8. The molecule has 0 spiro atoms. The minimum absolute atomic E-state index is 0.409. The van der Waals surface area contributed by atoms with Crippen LogP contribution in [0.15, 0.2) is 101 Å². The number of hydrogen-bond acceptors (Lipinski definition) is 9. The molecular weight excluding hydrogens is 706 g/mol. The zero-order chi connectivity index (χ0) is 37.7. The number of aliphatic hydroxyl groups excluding tert-OH is 1. The lowest BCUT2D eigenvalue weighted by Crippen LogP contribution is -2.42. The number of aliphatic hydroxyl groups is 1. The molecule has 11 nitrogen and oxygen atoms in total. The molecule has 1 fully saturated rings. The molecule has 5 rings (SSSR count). The van der Waals surface area contributed by atoms with Crippen molar-refractivity contribution in [2.75, 3.05) is 34.2 Å². The summed E-state index contributed by atoms with van der Waals surface area (Å²) >= 11 is 0. The van der Waals surface area contributed by atoms with E-state index in [1.54, 1.807) is 60.7 Å². The zero-order valence-electron chi connectivity index (χ0n) is 27.6. The van der Waals surface area contributed by atoms with Crippen molar-refractivity contribution in [3.63, 3.8) is 0 Å². The fraction of sp³-hybridized carbons (Fsp3) is 0.371. The van der Waals surface area contributed by atoms with Crippen LogP contribution in [0.2, 0.25) is 0 Å². The summed E-state index contributed by atoms with van der Waals surface area (Å²) in [5.74, 6) is -2.68. The number of nitrogens with zero attached hydrogens (tertiary/aromatic N) is 1. The number of benzene rings is 3. The molecule has 0 aliphatic carbocycles. The predicted molar refractivity (Wildman–Crippen MR) is 171 cm³/mol. The Morgan fingerprint density at radius 2 is 1.35 bits per heavy atom. The van der Waals surface area contributed by atoms with Crippen LogP contribution < -0.4 is 20.7 Å². The predicted octanol–water partition coefficient (Wildman–Crippen LogP) is 4.92. The van der Waals surface area contributed by atoms with E-state index in [1.807, 2.05) is 23.2 Å². The van der Waals surface area contributed by atoms with Crippen LogP contribution in [-0.2, 0) is 24.5 Å². The molecule has 0 saturated carbocycles. The lowest BCUT2D eigenvalue weighted by molar-refractivity contribution is -0.299. The van der Waals surface area contributed by atoms with Crippen LogP contribution in [0, 0.1) is 5.92 Å². The minimum atomic E-state index is -5.65. The third kappa shape index (κ3) is 8.34. The summed E-state index contributed by atoms with van der Waals surface area (Å²) in [6.45, 7) is -3.38. The standard InChI is InChI=1S/C35H34F6N2O9/c1-47-24-12-8-22(9-13-24)33(21-6-4-3-5-7-21,23-10-14-25(48-2)15-11-23)51-18-26-29(45)30(31(52-26)43-17-16-28(44)42-32(43)46)50-20-49-19-27(34(36,37)38)35(39,40)41/h3-17,26-27,29-31,45H,18-20H2,1-2H3,(H,42,44,46)/t26-,29?,30?,31-/m0/s1. The fourth-order valence-corrected chi connectivity index (χ4v) is 5.84. The van der Waals surface area contributed by atoms with Crippen molar-refractivity contribution in [2.24, 2.45) is 5.92 Å². The highest BCUT2D eigenvalue weighted by Crippen LogP contribution is 2.43. The third-order valence-corrected chi connectivity index (χ3v) is 8.49. The van der Waals surface area contributed by atoms with Gasteiger partial charge in [-0.05, 0) is 41.0 Å². The van der Waals surface area contributed by atoms with Gasteiger partial charge in [-0.3, -0.25) is 14.3 Å². The number of methoxy groups -OCH3 is 2. The summed E-state index contributed by atoms with van der Waals surface area (Å²) in [6, 6.07) is 24.1. The van der Waals surface area contributed by atoms with Crippen LogP contribution in [-0.4, -0.2) is 79.5 Å². The first-order valence-corrected chi connectivity index (χ1v) is 15.7. The van der Waals surface area contributed by atoms with E-state index in [0.717, 1.165) is 16.8 Å². The number of ether oxygens (including phenoxy) is 6. The van der Waals surface area contributed by atoms with Gasteiger partial charge < -0.3 is 33.5 Å². The van der Waals surface area contributed by atoms with Crippen LogP contribution in [0.25, 0.3) is 0 Å². The average molecular weight is 741 g/mol. The van der Waals surface area contributed by atoms with Gasteiger partial charge in [0.05, 0.1) is 27.4 Å². The quantitative estimate of drug-likeness (QED) is 0.0801.